The summed E-state index contributed by atoms with van der Waals surface area (Å²) in [6.07, 6.45) is 0. The summed E-state index contributed by atoms with van der Waals surface area (Å²) < 4.78 is 6.48. The van der Waals surface area contributed by atoms with Crippen molar-refractivity contribution in [3.05, 3.63) is 57.2 Å². The van der Waals surface area contributed by atoms with Crippen molar-refractivity contribution in [1.82, 2.24) is 0 Å². The van der Waals surface area contributed by atoms with Crippen LogP contribution in [0.5, 0.6) is 5.75 Å². The minimum absolute atomic E-state index is 0.110. The van der Waals surface area contributed by atoms with E-state index in [4.69, 9.17) is 10.5 Å². The fourth-order valence-corrected chi connectivity index (χ4v) is 2.46. The Hall–Kier alpha value is -2.09. The minimum Gasteiger partial charge on any atom is -0.484 e. The Balaban J connectivity index is 1.91. The van der Waals surface area contributed by atoms with Crippen molar-refractivity contribution in [2.24, 2.45) is 5.73 Å². The van der Waals surface area contributed by atoms with Crippen LogP contribution in [-0.2, 0) is 4.79 Å². The molecule has 0 aliphatic heterocycles. The number of primary amides is 1. The Morgan fingerprint density at radius 2 is 1.86 bits per heavy atom. The highest BCUT2D eigenvalue weighted by Gasteiger charge is 2.07. The first kappa shape index (κ1) is 16.3. The van der Waals surface area contributed by atoms with Gasteiger partial charge in [-0.15, -0.1) is 0 Å². The number of halogens is 1. The van der Waals surface area contributed by atoms with Crippen LogP contribution < -0.4 is 15.8 Å². The molecule has 0 aromatic heterocycles. The topological polar surface area (TPSA) is 81.4 Å². The lowest BCUT2D eigenvalue weighted by molar-refractivity contribution is -0.118. The summed E-state index contributed by atoms with van der Waals surface area (Å²) >= 11 is 2.22. The van der Waals surface area contributed by atoms with E-state index >= 15 is 0 Å². The zero-order chi connectivity index (χ0) is 16.1. The molecular weight excluding hydrogens is 395 g/mol. The second-order valence-corrected chi connectivity index (χ2v) is 5.93. The number of benzene rings is 2. The lowest BCUT2D eigenvalue weighted by Crippen LogP contribution is -2.20. The fraction of sp³-hybridized carbons (Fsp3) is 0.125. The van der Waals surface area contributed by atoms with E-state index in [9.17, 15) is 9.59 Å². The number of nitrogens with two attached hydrogens (primary N) is 1. The van der Waals surface area contributed by atoms with Gasteiger partial charge in [0.1, 0.15) is 5.75 Å². The quantitative estimate of drug-likeness (QED) is 0.744. The molecule has 0 spiro atoms. The zero-order valence-corrected chi connectivity index (χ0v) is 14.1. The van der Waals surface area contributed by atoms with E-state index < -0.39 is 5.91 Å². The highest BCUT2D eigenvalue weighted by molar-refractivity contribution is 14.1. The monoisotopic (exact) mass is 410 g/mol. The number of hydrogen-bond acceptors (Lipinski definition) is 3. The van der Waals surface area contributed by atoms with Gasteiger partial charge in [-0.1, -0.05) is 0 Å². The van der Waals surface area contributed by atoms with Gasteiger partial charge in [-0.3, -0.25) is 9.59 Å². The molecule has 0 saturated heterocycles. The van der Waals surface area contributed by atoms with Crippen LogP contribution in [0.1, 0.15) is 15.9 Å². The second kappa shape index (κ2) is 7.26. The number of aryl methyl sites for hydroxylation is 1. The van der Waals surface area contributed by atoms with Gasteiger partial charge in [0.15, 0.2) is 6.61 Å². The molecule has 3 N–H and O–H groups in total. The highest BCUT2D eigenvalue weighted by atomic mass is 127. The lowest BCUT2D eigenvalue weighted by atomic mass is 10.2. The van der Waals surface area contributed by atoms with Crippen LogP contribution in [-0.4, -0.2) is 18.4 Å². The van der Waals surface area contributed by atoms with Crippen molar-refractivity contribution in [3.63, 3.8) is 0 Å². The van der Waals surface area contributed by atoms with E-state index in [0.29, 0.717) is 11.3 Å². The third kappa shape index (κ3) is 4.45. The molecule has 6 heteroatoms. The van der Waals surface area contributed by atoms with E-state index in [-0.39, 0.29) is 12.5 Å². The molecule has 0 fully saturated rings. The van der Waals surface area contributed by atoms with Crippen LogP contribution in [0.15, 0.2) is 42.5 Å². The van der Waals surface area contributed by atoms with E-state index in [0.717, 1.165) is 14.8 Å². The number of nitrogens with one attached hydrogen (secondary N) is 1. The van der Waals surface area contributed by atoms with Crippen LogP contribution in [0.2, 0.25) is 0 Å². The molecule has 0 radical (unpaired) electrons. The number of anilines is 1. The van der Waals surface area contributed by atoms with E-state index in [1.165, 1.54) is 0 Å². The maximum Gasteiger partial charge on any atom is 0.262 e. The Morgan fingerprint density at radius 3 is 2.45 bits per heavy atom. The molecule has 22 heavy (non-hydrogen) atoms. The van der Waals surface area contributed by atoms with Crippen molar-refractivity contribution < 1.29 is 14.3 Å². The Bertz CT molecular complexity index is 699. The van der Waals surface area contributed by atoms with Crippen molar-refractivity contribution in [3.8, 4) is 5.75 Å². The fourth-order valence-electron chi connectivity index (χ4n) is 1.82. The van der Waals surface area contributed by atoms with Crippen molar-refractivity contribution in [2.75, 3.05) is 11.9 Å². The summed E-state index contributed by atoms with van der Waals surface area (Å²) in [7, 11) is 0. The Morgan fingerprint density at radius 1 is 1.18 bits per heavy atom. The van der Waals surface area contributed by atoms with Crippen LogP contribution >= 0.6 is 22.6 Å². The molecule has 0 heterocycles. The molecule has 114 valence electrons. The normalized spacial score (nSPS) is 10.1. The largest absolute Gasteiger partial charge is 0.484 e. The van der Waals surface area contributed by atoms with Gasteiger partial charge in [0.25, 0.3) is 5.91 Å². The molecule has 0 aliphatic carbocycles. The number of carbonyl (C=O) groups excluding carboxylic acids is 2. The van der Waals surface area contributed by atoms with Gasteiger partial charge in [0, 0.05) is 14.8 Å². The predicted molar refractivity (Wildman–Crippen MR) is 93.0 cm³/mol. The second-order valence-electron chi connectivity index (χ2n) is 4.68. The van der Waals surface area contributed by atoms with Gasteiger partial charge >= 0.3 is 0 Å². The average molecular weight is 410 g/mol. The van der Waals surface area contributed by atoms with Gasteiger partial charge < -0.3 is 15.8 Å². The van der Waals surface area contributed by atoms with Crippen molar-refractivity contribution >= 4 is 40.1 Å². The van der Waals surface area contributed by atoms with Gasteiger partial charge in [0.2, 0.25) is 5.91 Å². The van der Waals surface area contributed by atoms with E-state index in [1.807, 2.05) is 25.1 Å². The zero-order valence-electron chi connectivity index (χ0n) is 11.9. The van der Waals surface area contributed by atoms with Crippen LogP contribution in [0.4, 0.5) is 5.69 Å². The molecule has 2 aromatic carbocycles. The molecule has 0 aliphatic rings. The average Bonchev–Trinajstić information content (AvgIpc) is 2.48. The summed E-state index contributed by atoms with van der Waals surface area (Å²) in [6.45, 7) is 1.82. The Labute approximate surface area is 142 Å². The first-order valence-electron chi connectivity index (χ1n) is 6.54. The predicted octanol–water partition coefficient (Wildman–Crippen LogP) is 2.72. The van der Waals surface area contributed by atoms with Crippen LogP contribution in [0, 0.1) is 10.5 Å². The molecule has 0 unspecified atom stereocenters. The molecular formula is C16H15IN2O3. The molecule has 2 amide bonds. The molecule has 5 nitrogen and oxygen atoms in total. The maximum atomic E-state index is 11.9. The van der Waals surface area contributed by atoms with E-state index in [2.05, 4.69) is 27.9 Å². The third-order valence-corrected chi connectivity index (χ3v) is 3.64. The number of ether oxygens (including phenoxy) is 1. The third-order valence-electron chi connectivity index (χ3n) is 2.97. The first-order valence-corrected chi connectivity index (χ1v) is 7.62. The number of amides is 2. The summed E-state index contributed by atoms with van der Waals surface area (Å²) in [5, 5.41) is 2.80. The summed E-state index contributed by atoms with van der Waals surface area (Å²) in [6, 6.07) is 12.1. The summed E-state index contributed by atoms with van der Waals surface area (Å²) in [5.41, 5.74) is 7.30. The van der Waals surface area contributed by atoms with Gasteiger partial charge in [-0.05, 0) is 77.5 Å². The molecule has 2 aromatic rings. The summed E-state index contributed by atoms with van der Waals surface area (Å²) in [4.78, 5) is 22.8. The SMILES string of the molecule is Cc1cc(I)ccc1NC(=O)COc1ccc(C(N)=O)cc1. The standard InChI is InChI=1S/C16H15IN2O3/c1-10-8-12(17)4-7-14(10)19-15(20)9-22-13-5-2-11(3-6-13)16(18)21/h2-8H,9H2,1H3,(H2,18,21)(H,19,20). The van der Waals surface area contributed by atoms with Gasteiger partial charge in [-0.2, -0.15) is 0 Å². The molecule has 0 saturated carbocycles. The molecule has 0 atom stereocenters. The van der Waals surface area contributed by atoms with Crippen LogP contribution in [0.3, 0.4) is 0 Å². The Kier molecular flexibility index (Phi) is 5.37. The van der Waals surface area contributed by atoms with Gasteiger partial charge in [-0.25, -0.2) is 0 Å². The molecule has 2 rings (SSSR count). The number of carbonyl (C=O) groups is 2. The minimum atomic E-state index is -0.501. The maximum absolute atomic E-state index is 11.9. The van der Waals surface area contributed by atoms with Crippen LogP contribution in [0.25, 0.3) is 0 Å². The smallest absolute Gasteiger partial charge is 0.262 e. The molecule has 0 bridgehead atoms. The van der Waals surface area contributed by atoms with E-state index in [1.54, 1.807) is 24.3 Å². The van der Waals surface area contributed by atoms with Crippen molar-refractivity contribution in [2.45, 2.75) is 6.92 Å². The summed E-state index contributed by atoms with van der Waals surface area (Å²) in [5.74, 6) is -0.249. The van der Waals surface area contributed by atoms with Crippen molar-refractivity contribution in [1.29, 1.82) is 0 Å². The highest BCUT2D eigenvalue weighted by Crippen LogP contribution is 2.18. The number of rotatable bonds is 5. The first-order chi connectivity index (χ1) is 10.5. The lowest BCUT2D eigenvalue weighted by Gasteiger charge is -2.10. The number of hydrogen-bond donors (Lipinski definition) is 2. The van der Waals surface area contributed by atoms with Gasteiger partial charge in [0.05, 0.1) is 0 Å².